The van der Waals surface area contributed by atoms with Crippen molar-refractivity contribution in [2.24, 2.45) is 0 Å². The van der Waals surface area contributed by atoms with Crippen LogP contribution >= 0.6 is 12.2 Å². The maximum Gasteiger partial charge on any atom is 0.257 e. The summed E-state index contributed by atoms with van der Waals surface area (Å²) in [5.41, 5.74) is 2.27. The maximum atomic E-state index is 12.2. The Morgan fingerprint density at radius 2 is 1.79 bits per heavy atom. The summed E-state index contributed by atoms with van der Waals surface area (Å²) < 4.78 is 10.4. The van der Waals surface area contributed by atoms with E-state index in [9.17, 15) is 4.79 Å². The molecule has 0 heterocycles. The fourth-order valence-electron chi connectivity index (χ4n) is 2.04. The van der Waals surface area contributed by atoms with Gasteiger partial charge >= 0.3 is 0 Å². The number of anilines is 1. The average molecular weight is 344 g/mol. The van der Waals surface area contributed by atoms with Crippen LogP contribution in [-0.4, -0.2) is 31.3 Å². The zero-order valence-corrected chi connectivity index (χ0v) is 14.5. The summed E-state index contributed by atoms with van der Waals surface area (Å²) in [7, 11) is 1.63. The Morgan fingerprint density at radius 1 is 1.08 bits per heavy atom. The lowest BCUT2D eigenvalue weighted by molar-refractivity contribution is 0.0977. The molecular formula is C18H20N2O3S. The molecule has 0 bridgehead atoms. The van der Waals surface area contributed by atoms with Gasteiger partial charge in [-0.3, -0.25) is 10.1 Å². The van der Waals surface area contributed by atoms with Gasteiger partial charge < -0.3 is 14.8 Å². The summed E-state index contributed by atoms with van der Waals surface area (Å²) in [6.07, 6.45) is 0. The Morgan fingerprint density at radius 3 is 2.46 bits per heavy atom. The normalized spacial score (nSPS) is 10.1. The van der Waals surface area contributed by atoms with Crippen LogP contribution in [0.3, 0.4) is 0 Å². The number of amides is 1. The quantitative estimate of drug-likeness (QED) is 0.623. The first-order valence-corrected chi connectivity index (χ1v) is 7.90. The van der Waals surface area contributed by atoms with Gasteiger partial charge in [0.1, 0.15) is 12.4 Å². The molecule has 0 fully saturated rings. The summed E-state index contributed by atoms with van der Waals surface area (Å²) in [4.78, 5) is 12.2. The minimum atomic E-state index is -0.231. The molecule has 0 aliphatic heterocycles. The van der Waals surface area contributed by atoms with Gasteiger partial charge in [0.2, 0.25) is 0 Å². The molecule has 2 N–H and O–H groups in total. The molecule has 2 aromatic rings. The predicted molar refractivity (Wildman–Crippen MR) is 98.7 cm³/mol. The van der Waals surface area contributed by atoms with E-state index in [1.54, 1.807) is 13.2 Å². The van der Waals surface area contributed by atoms with Crippen molar-refractivity contribution in [3.05, 3.63) is 59.7 Å². The van der Waals surface area contributed by atoms with Crippen molar-refractivity contribution in [3.8, 4) is 5.75 Å². The van der Waals surface area contributed by atoms with Crippen LogP contribution in [0.15, 0.2) is 48.5 Å². The van der Waals surface area contributed by atoms with E-state index in [1.165, 1.54) is 0 Å². The average Bonchev–Trinajstić information content (AvgIpc) is 2.57. The van der Waals surface area contributed by atoms with Gasteiger partial charge in [-0.1, -0.05) is 18.2 Å². The summed E-state index contributed by atoms with van der Waals surface area (Å²) in [5, 5.41) is 5.90. The van der Waals surface area contributed by atoms with Gasteiger partial charge in [0.25, 0.3) is 5.91 Å². The monoisotopic (exact) mass is 344 g/mol. The van der Waals surface area contributed by atoms with Gasteiger partial charge in [-0.15, -0.1) is 0 Å². The van der Waals surface area contributed by atoms with Crippen LogP contribution < -0.4 is 15.4 Å². The molecule has 0 saturated carbocycles. The second-order valence-electron chi connectivity index (χ2n) is 5.09. The minimum absolute atomic E-state index is 0.231. The lowest BCUT2D eigenvalue weighted by Crippen LogP contribution is -2.34. The molecule has 0 atom stereocenters. The van der Waals surface area contributed by atoms with Crippen molar-refractivity contribution in [2.75, 3.05) is 25.6 Å². The van der Waals surface area contributed by atoms with E-state index in [0.29, 0.717) is 18.8 Å². The van der Waals surface area contributed by atoms with Crippen molar-refractivity contribution < 1.29 is 14.3 Å². The molecule has 2 rings (SSSR count). The molecular weight excluding hydrogens is 324 g/mol. The Hall–Kier alpha value is -2.44. The largest absolute Gasteiger partial charge is 0.491 e. The molecule has 2 aromatic carbocycles. The first-order chi connectivity index (χ1) is 11.6. The number of benzene rings is 2. The number of thiocarbonyl (C=S) groups is 1. The van der Waals surface area contributed by atoms with Crippen molar-refractivity contribution in [1.82, 2.24) is 5.32 Å². The molecule has 5 nitrogen and oxygen atoms in total. The van der Waals surface area contributed by atoms with Gasteiger partial charge in [-0.25, -0.2) is 0 Å². The number of ether oxygens (including phenoxy) is 2. The highest BCUT2D eigenvalue weighted by Gasteiger charge is 2.10. The van der Waals surface area contributed by atoms with Gasteiger partial charge in [0, 0.05) is 18.4 Å². The molecule has 0 aliphatic carbocycles. The topological polar surface area (TPSA) is 59.6 Å². The molecule has 0 aliphatic rings. The highest BCUT2D eigenvalue weighted by molar-refractivity contribution is 7.80. The zero-order valence-electron chi connectivity index (χ0n) is 13.7. The molecule has 0 unspecified atom stereocenters. The van der Waals surface area contributed by atoms with Crippen molar-refractivity contribution >= 4 is 28.9 Å². The second-order valence-corrected chi connectivity index (χ2v) is 5.50. The molecule has 24 heavy (non-hydrogen) atoms. The second kappa shape index (κ2) is 9.00. The van der Waals surface area contributed by atoms with Crippen LogP contribution in [0.5, 0.6) is 5.75 Å². The first kappa shape index (κ1) is 17.9. The number of hydrogen-bond acceptors (Lipinski definition) is 4. The lowest BCUT2D eigenvalue weighted by atomic mass is 10.1. The van der Waals surface area contributed by atoms with Crippen LogP contribution in [0, 0.1) is 6.92 Å². The highest BCUT2D eigenvalue weighted by atomic mass is 32.1. The third-order valence-electron chi connectivity index (χ3n) is 3.29. The molecule has 0 spiro atoms. The lowest BCUT2D eigenvalue weighted by Gasteiger charge is -2.11. The summed E-state index contributed by atoms with van der Waals surface area (Å²) in [5.74, 6) is 0.512. The van der Waals surface area contributed by atoms with Crippen LogP contribution in [0.2, 0.25) is 0 Å². The number of hydrogen-bond donors (Lipinski definition) is 2. The van der Waals surface area contributed by atoms with E-state index in [-0.39, 0.29) is 11.0 Å². The Labute approximate surface area is 147 Å². The van der Waals surface area contributed by atoms with Crippen molar-refractivity contribution in [2.45, 2.75) is 6.92 Å². The summed E-state index contributed by atoms with van der Waals surface area (Å²) in [6, 6.07) is 14.7. The summed E-state index contributed by atoms with van der Waals surface area (Å²) >= 11 is 5.18. The fourth-order valence-corrected chi connectivity index (χ4v) is 2.25. The Kier molecular flexibility index (Phi) is 6.72. The first-order valence-electron chi connectivity index (χ1n) is 7.50. The van der Waals surface area contributed by atoms with Gasteiger partial charge in [-0.05, 0) is 55.0 Å². The molecule has 1 amide bonds. The van der Waals surface area contributed by atoms with E-state index in [0.717, 1.165) is 17.0 Å². The van der Waals surface area contributed by atoms with Gasteiger partial charge in [0.05, 0.1) is 6.61 Å². The fraction of sp³-hybridized carbons (Fsp3) is 0.222. The highest BCUT2D eigenvalue weighted by Crippen LogP contribution is 2.15. The number of carbonyl (C=O) groups is 1. The number of carbonyl (C=O) groups excluding carboxylic acids is 1. The smallest absolute Gasteiger partial charge is 0.257 e. The molecule has 0 saturated heterocycles. The number of aryl methyl sites for hydroxylation is 1. The molecule has 0 aromatic heterocycles. The Balaban J connectivity index is 1.88. The zero-order chi connectivity index (χ0) is 17.4. The van der Waals surface area contributed by atoms with Crippen LogP contribution in [0.25, 0.3) is 0 Å². The molecule has 0 radical (unpaired) electrons. The van der Waals surface area contributed by atoms with Crippen LogP contribution in [0.1, 0.15) is 15.9 Å². The maximum absolute atomic E-state index is 12.2. The number of rotatable bonds is 6. The summed E-state index contributed by atoms with van der Waals surface area (Å²) in [6.45, 7) is 2.91. The van der Waals surface area contributed by atoms with E-state index < -0.39 is 0 Å². The van der Waals surface area contributed by atoms with E-state index in [2.05, 4.69) is 10.6 Å². The SMILES string of the molecule is COCCOc1ccc(NC(=S)NC(=O)c2ccccc2C)cc1. The van der Waals surface area contributed by atoms with Crippen molar-refractivity contribution in [1.29, 1.82) is 0 Å². The Bertz CT molecular complexity index is 702. The van der Waals surface area contributed by atoms with E-state index in [1.807, 2.05) is 49.4 Å². The predicted octanol–water partition coefficient (Wildman–Crippen LogP) is 3.15. The third kappa shape index (κ3) is 5.33. The van der Waals surface area contributed by atoms with Crippen LogP contribution in [0.4, 0.5) is 5.69 Å². The third-order valence-corrected chi connectivity index (χ3v) is 3.49. The number of nitrogens with one attached hydrogen (secondary N) is 2. The molecule has 126 valence electrons. The van der Waals surface area contributed by atoms with Gasteiger partial charge in [-0.2, -0.15) is 0 Å². The van der Waals surface area contributed by atoms with Crippen LogP contribution in [-0.2, 0) is 4.74 Å². The number of methoxy groups -OCH3 is 1. The van der Waals surface area contributed by atoms with Gasteiger partial charge in [0.15, 0.2) is 5.11 Å². The van der Waals surface area contributed by atoms with E-state index in [4.69, 9.17) is 21.7 Å². The molecule has 6 heteroatoms. The minimum Gasteiger partial charge on any atom is -0.491 e. The standard InChI is InChI=1S/C18H20N2O3S/c1-13-5-3-4-6-16(13)17(21)20-18(24)19-14-7-9-15(10-8-14)23-12-11-22-2/h3-10H,11-12H2,1-2H3,(H2,19,20,21,24). The van der Waals surface area contributed by atoms with E-state index >= 15 is 0 Å². The van der Waals surface area contributed by atoms with Crippen molar-refractivity contribution in [3.63, 3.8) is 0 Å².